The minimum absolute atomic E-state index is 0.207. The van der Waals surface area contributed by atoms with E-state index in [1.807, 2.05) is 36.0 Å². The molecule has 55 heavy (non-hydrogen) atoms. The van der Waals surface area contributed by atoms with Crippen molar-refractivity contribution in [1.82, 2.24) is 30.7 Å². The van der Waals surface area contributed by atoms with E-state index in [2.05, 4.69) is 39.4 Å². The molecule has 3 heterocycles. The maximum absolute atomic E-state index is 15.1. The number of amides is 2. The summed E-state index contributed by atoms with van der Waals surface area (Å²) in [5, 5.41) is 19.0. The largest absolute Gasteiger partial charge is 0.381 e. The average Bonchev–Trinajstić information content (AvgIpc) is 3.65. The smallest absolute Gasteiger partial charge is 0.251 e. The monoisotopic (exact) mass is 745 g/mol. The summed E-state index contributed by atoms with van der Waals surface area (Å²) in [5.41, 5.74) is 7.53. The Bertz CT molecular complexity index is 2120. The topological polar surface area (TPSA) is 122 Å². The molecule has 0 spiro atoms. The summed E-state index contributed by atoms with van der Waals surface area (Å²) in [5.74, 6) is -0.928. The van der Waals surface area contributed by atoms with Gasteiger partial charge in [-0.2, -0.15) is 5.10 Å². The molecule has 11 heteroatoms. The molecule has 7 rings (SSSR count). The van der Waals surface area contributed by atoms with Gasteiger partial charge in [-0.15, -0.1) is 0 Å². The number of nitrogens with one attached hydrogen (secondary N) is 4. The van der Waals surface area contributed by atoms with Crippen molar-refractivity contribution in [2.24, 2.45) is 0 Å². The van der Waals surface area contributed by atoms with Gasteiger partial charge in [0.2, 0.25) is 0 Å². The minimum Gasteiger partial charge on any atom is -0.381 e. The molecule has 1 aliphatic heterocycles. The highest BCUT2D eigenvalue weighted by atomic mass is 19.1. The first kappa shape index (κ1) is 38.2. The van der Waals surface area contributed by atoms with Crippen molar-refractivity contribution in [3.63, 3.8) is 0 Å². The van der Waals surface area contributed by atoms with E-state index in [1.54, 1.807) is 36.4 Å². The van der Waals surface area contributed by atoms with Crippen LogP contribution in [0.5, 0.6) is 0 Å². The molecule has 1 aliphatic carbocycles. The van der Waals surface area contributed by atoms with Gasteiger partial charge in [-0.1, -0.05) is 56.5 Å². The summed E-state index contributed by atoms with van der Waals surface area (Å²) >= 11 is 0. The van der Waals surface area contributed by atoms with E-state index in [4.69, 9.17) is 9.72 Å². The van der Waals surface area contributed by atoms with Crippen LogP contribution in [0.1, 0.15) is 102 Å². The summed E-state index contributed by atoms with van der Waals surface area (Å²) in [6.07, 6.45) is 10.6. The van der Waals surface area contributed by atoms with E-state index in [9.17, 15) is 9.59 Å². The number of aryl methyl sites for hydroxylation is 2. The molecule has 0 unspecified atom stereocenters. The fraction of sp³-hybridized carbons (Fsp3) is 0.409. The zero-order valence-corrected chi connectivity index (χ0v) is 31.9. The minimum atomic E-state index is -0.324. The molecule has 2 amide bonds. The zero-order valence-electron chi connectivity index (χ0n) is 31.9. The molecule has 2 aromatic heterocycles. The highest BCUT2D eigenvalue weighted by molar-refractivity contribution is 6.00. The number of benzene rings is 3. The van der Waals surface area contributed by atoms with Gasteiger partial charge < -0.3 is 26.0 Å². The van der Waals surface area contributed by atoms with Crippen molar-refractivity contribution in [2.75, 3.05) is 18.5 Å². The molecule has 0 radical (unpaired) electrons. The second-order valence-electron chi connectivity index (χ2n) is 14.7. The Morgan fingerprint density at radius 3 is 2.29 bits per heavy atom. The third-order valence-electron chi connectivity index (χ3n) is 10.9. The van der Waals surface area contributed by atoms with Crippen molar-refractivity contribution in [3.05, 3.63) is 112 Å². The van der Waals surface area contributed by atoms with Crippen molar-refractivity contribution < 1.29 is 18.7 Å². The lowest BCUT2D eigenvalue weighted by Crippen LogP contribution is -2.30. The van der Waals surface area contributed by atoms with E-state index in [0.29, 0.717) is 48.9 Å². The molecule has 10 nitrogen and oxygen atoms in total. The predicted molar refractivity (Wildman–Crippen MR) is 214 cm³/mol. The Labute approximate surface area is 322 Å². The maximum atomic E-state index is 15.1. The molecule has 2 aliphatic rings. The molecule has 4 N–H and O–H groups in total. The Morgan fingerprint density at radius 2 is 1.55 bits per heavy atom. The van der Waals surface area contributed by atoms with Crippen LogP contribution in [0.3, 0.4) is 0 Å². The summed E-state index contributed by atoms with van der Waals surface area (Å²) in [6.45, 7) is 7.43. The SMILES string of the molecule is CCc1nc2c(cnn2CC)c(NC2CCOCC2)c1CNC(=O)c1cccc(C(=O)NCc2ccc(F)c(-c3cccc(CNC4CCCCC4)c3)c2)c1. The van der Waals surface area contributed by atoms with E-state index in [-0.39, 0.29) is 36.8 Å². The fourth-order valence-electron chi connectivity index (χ4n) is 7.78. The van der Waals surface area contributed by atoms with Crippen molar-refractivity contribution >= 4 is 28.5 Å². The predicted octanol–water partition coefficient (Wildman–Crippen LogP) is 7.69. The normalized spacial score (nSPS) is 15.3. The number of pyridine rings is 1. The second kappa shape index (κ2) is 18.0. The van der Waals surface area contributed by atoms with Crippen molar-refractivity contribution in [1.29, 1.82) is 0 Å². The fourth-order valence-corrected chi connectivity index (χ4v) is 7.78. The van der Waals surface area contributed by atoms with E-state index in [0.717, 1.165) is 64.1 Å². The van der Waals surface area contributed by atoms with Gasteiger partial charge in [0, 0.05) is 79.4 Å². The third-order valence-corrected chi connectivity index (χ3v) is 10.9. The number of carbonyl (C=O) groups is 2. The molecule has 1 saturated carbocycles. The molecule has 3 aromatic carbocycles. The van der Waals surface area contributed by atoms with Crippen LogP contribution in [0.2, 0.25) is 0 Å². The highest BCUT2D eigenvalue weighted by Gasteiger charge is 2.23. The van der Waals surface area contributed by atoms with Crippen LogP contribution in [0.4, 0.5) is 10.1 Å². The first-order chi connectivity index (χ1) is 26.9. The van der Waals surface area contributed by atoms with Gasteiger partial charge in [0.15, 0.2) is 5.65 Å². The van der Waals surface area contributed by atoms with Crippen LogP contribution in [0.25, 0.3) is 22.2 Å². The van der Waals surface area contributed by atoms with Gasteiger partial charge in [-0.25, -0.2) is 14.1 Å². The number of rotatable bonds is 14. The Hall–Kier alpha value is -5.13. The van der Waals surface area contributed by atoms with Crippen LogP contribution in [0, 0.1) is 5.82 Å². The maximum Gasteiger partial charge on any atom is 0.251 e. The van der Waals surface area contributed by atoms with Crippen molar-refractivity contribution in [2.45, 2.75) is 103 Å². The lowest BCUT2D eigenvalue weighted by molar-refractivity contribution is 0.0904. The number of aromatic nitrogens is 3. The van der Waals surface area contributed by atoms with Crippen LogP contribution >= 0.6 is 0 Å². The first-order valence-corrected chi connectivity index (χ1v) is 19.9. The summed E-state index contributed by atoms with van der Waals surface area (Å²) < 4.78 is 22.6. The number of carbonyl (C=O) groups excluding carboxylic acids is 2. The van der Waals surface area contributed by atoms with Gasteiger partial charge in [0.1, 0.15) is 5.82 Å². The molecule has 2 fully saturated rings. The number of hydrogen-bond donors (Lipinski definition) is 4. The summed E-state index contributed by atoms with van der Waals surface area (Å²) in [7, 11) is 0. The quantitative estimate of drug-likeness (QED) is 0.0920. The Balaban J connectivity index is 1.01. The third kappa shape index (κ3) is 9.23. The van der Waals surface area contributed by atoms with Gasteiger partial charge in [-0.3, -0.25) is 9.59 Å². The average molecular weight is 746 g/mol. The van der Waals surface area contributed by atoms with Crippen molar-refractivity contribution in [3.8, 4) is 11.1 Å². The number of anilines is 1. The molecular formula is C44H52FN7O3. The van der Waals surface area contributed by atoms with E-state index < -0.39 is 0 Å². The Kier molecular flexibility index (Phi) is 12.5. The van der Waals surface area contributed by atoms with Crippen LogP contribution < -0.4 is 21.3 Å². The zero-order chi connectivity index (χ0) is 38.1. The number of nitrogens with zero attached hydrogens (tertiary/aromatic N) is 3. The number of hydrogen-bond acceptors (Lipinski definition) is 7. The molecule has 288 valence electrons. The van der Waals surface area contributed by atoms with E-state index >= 15 is 4.39 Å². The van der Waals surface area contributed by atoms with Gasteiger partial charge in [0.05, 0.1) is 17.3 Å². The first-order valence-electron chi connectivity index (χ1n) is 19.9. The lowest BCUT2D eigenvalue weighted by atomic mass is 9.95. The molecule has 1 saturated heterocycles. The Morgan fingerprint density at radius 1 is 0.818 bits per heavy atom. The van der Waals surface area contributed by atoms with Gasteiger partial charge in [-0.05, 0) is 92.1 Å². The van der Waals surface area contributed by atoms with Gasteiger partial charge in [0.25, 0.3) is 11.8 Å². The van der Waals surface area contributed by atoms with Crippen LogP contribution in [-0.2, 0) is 37.3 Å². The molecular weight excluding hydrogens is 694 g/mol. The highest BCUT2D eigenvalue weighted by Crippen LogP contribution is 2.32. The lowest BCUT2D eigenvalue weighted by Gasteiger charge is -2.26. The standard InChI is InChI=1S/C44H52FN7O3/c1-3-40-37(41(50-35-18-20-55-21-19-35)38-28-49-52(4-2)42(38)51-40)27-48-44(54)33-13-9-12-32(24-33)43(53)47-26-30-16-17-39(45)36(23-30)31-11-8-10-29(22-31)25-46-34-14-6-5-7-15-34/h8-13,16-17,22-24,28,34-35,46H,3-7,14-15,18-21,25-27H2,1-2H3,(H,47,53)(H,48,54)(H,50,51). The molecule has 0 atom stereocenters. The van der Waals surface area contributed by atoms with Gasteiger partial charge >= 0.3 is 0 Å². The second-order valence-corrected chi connectivity index (χ2v) is 14.7. The molecule has 0 bridgehead atoms. The van der Waals surface area contributed by atoms with Crippen LogP contribution in [-0.4, -0.2) is 51.9 Å². The summed E-state index contributed by atoms with van der Waals surface area (Å²) in [6, 6.07) is 20.4. The number of ether oxygens (including phenoxy) is 1. The van der Waals surface area contributed by atoms with Crippen LogP contribution in [0.15, 0.2) is 72.9 Å². The number of fused-ring (bicyclic) bond motifs is 1. The summed E-state index contributed by atoms with van der Waals surface area (Å²) in [4.78, 5) is 31.9. The molecule has 5 aromatic rings. The number of halogens is 1. The van der Waals surface area contributed by atoms with E-state index in [1.165, 1.54) is 38.2 Å².